The van der Waals surface area contributed by atoms with Crippen LogP contribution >= 0.6 is 0 Å². The Labute approximate surface area is 112 Å². The topological polar surface area (TPSA) is 63.2 Å². The van der Waals surface area contributed by atoms with E-state index in [4.69, 9.17) is 4.74 Å². The van der Waals surface area contributed by atoms with Gasteiger partial charge in [0.05, 0.1) is 7.11 Å². The lowest BCUT2D eigenvalue weighted by Crippen LogP contribution is -2.20. The lowest BCUT2D eigenvalue weighted by atomic mass is 10.3. The van der Waals surface area contributed by atoms with Gasteiger partial charge >= 0.3 is 6.01 Å². The summed E-state index contributed by atoms with van der Waals surface area (Å²) in [6, 6.07) is 10.3. The number of nitrogens with one attached hydrogen (secondary N) is 1. The third-order valence-corrected chi connectivity index (χ3v) is 2.63. The predicted octanol–water partition coefficient (Wildman–Crippen LogP) is 2.08. The standard InChI is InChI=1S/C13H17N5O/c1-4-18(10-8-6-5-7-9-10)12-15-11(14-2)16-13(17-12)19-3/h5-9H,4H2,1-3H3,(H,14,15,16,17). The van der Waals surface area contributed by atoms with E-state index in [1.165, 1.54) is 7.11 Å². The largest absolute Gasteiger partial charge is 0.467 e. The second kappa shape index (κ2) is 5.99. The van der Waals surface area contributed by atoms with Gasteiger partial charge in [0.2, 0.25) is 11.9 Å². The van der Waals surface area contributed by atoms with Crippen LogP contribution in [-0.2, 0) is 0 Å². The van der Waals surface area contributed by atoms with Crippen molar-refractivity contribution in [3.8, 4) is 6.01 Å². The van der Waals surface area contributed by atoms with Gasteiger partial charge in [0.15, 0.2) is 0 Å². The van der Waals surface area contributed by atoms with Crippen molar-refractivity contribution >= 4 is 17.6 Å². The number of nitrogens with zero attached hydrogens (tertiary/aromatic N) is 4. The van der Waals surface area contributed by atoms with Crippen LogP contribution < -0.4 is 15.0 Å². The Balaban J connectivity index is 2.43. The van der Waals surface area contributed by atoms with E-state index in [0.29, 0.717) is 17.9 Å². The molecule has 0 unspecified atom stereocenters. The Morgan fingerprint density at radius 1 is 1.16 bits per heavy atom. The summed E-state index contributed by atoms with van der Waals surface area (Å²) in [6.45, 7) is 2.79. The van der Waals surface area contributed by atoms with Gasteiger partial charge in [0.1, 0.15) is 0 Å². The van der Waals surface area contributed by atoms with Crippen molar-refractivity contribution in [1.29, 1.82) is 0 Å². The zero-order chi connectivity index (χ0) is 13.7. The third kappa shape index (κ3) is 2.90. The molecule has 0 amide bonds. The van der Waals surface area contributed by atoms with E-state index < -0.39 is 0 Å². The number of ether oxygens (including phenoxy) is 1. The van der Waals surface area contributed by atoms with Crippen molar-refractivity contribution in [3.63, 3.8) is 0 Å². The molecule has 19 heavy (non-hydrogen) atoms. The van der Waals surface area contributed by atoms with Crippen molar-refractivity contribution in [3.05, 3.63) is 30.3 Å². The molecule has 0 bridgehead atoms. The molecule has 0 spiro atoms. The summed E-state index contributed by atoms with van der Waals surface area (Å²) in [7, 11) is 3.30. The number of methoxy groups -OCH3 is 1. The summed E-state index contributed by atoms with van der Waals surface area (Å²) < 4.78 is 5.10. The minimum atomic E-state index is 0.295. The average Bonchev–Trinajstić information content (AvgIpc) is 2.48. The van der Waals surface area contributed by atoms with Gasteiger partial charge in [-0.25, -0.2) is 0 Å². The molecule has 1 N–H and O–H groups in total. The zero-order valence-electron chi connectivity index (χ0n) is 11.3. The highest BCUT2D eigenvalue weighted by atomic mass is 16.5. The smallest absolute Gasteiger partial charge is 0.322 e. The SMILES string of the molecule is CCN(c1ccccc1)c1nc(NC)nc(OC)n1. The maximum absolute atomic E-state index is 5.10. The quantitative estimate of drug-likeness (QED) is 0.887. The summed E-state index contributed by atoms with van der Waals surface area (Å²) in [5.74, 6) is 1.04. The van der Waals surface area contributed by atoms with Crippen LogP contribution in [0.3, 0.4) is 0 Å². The Morgan fingerprint density at radius 3 is 2.47 bits per heavy atom. The van der Waals surface area contributed by atoms with Gasteiger partial charge < -0.3 is 15.0 Å². The highest BCUT2D eigenvalue weighted by Gasteiger charge is 2.13. The molecular weight excluding hydrogens is 242 g/mol. The Morgan fingerprint density at radius 2 is 1.89 bits per heavy atom. The van der Waals surface area contributed by atoms with Crippen LogP contribution in [-0.4, -0.2) is 35.7 Å². The third-order valence-electron chi connectivity index (χ3n) is 2.63. The fourth-order valence-corrected chi connectivity index (χ4v) is 1.72. The zero-order valence-corrected chi connectivity index (χ0v) is 11.3. The fourth-order valence-electron chi connectivity index (χ4n) is 1.72. The lowest BCUT2D eigenvalue weighted by Gasteiger charge is -2.21. The molecule has 0 aliphatic rings. The Bertz CT molecular complexity index is 510. The van der Waals surface area contributed by atoms with E-state index >= 15 is 0 Å². The van der Waals surface area contributed by atoms with Crippen molar-refractivity contribution in [2.75, 3.05) is 30.9 Å². The Hall–Kier alpha value is -2.37. The normalized spacial score (nSPS) is 10.1. The molecule has 1 aromatic carbocycles. The van der Waals surface area contributed by atoms with E-state index in [1.54, 1.807) is 7.05 Å². The van der Waals surface area contributed by atoms with Crippen LogP contribution in [0.25, 0.3) is 0 Å². The molecule has 100 valence electrons. The lowest BCUT2D eigenvalue weighted by molar-refractivity contribution is 0.379. The first-order valence-electron chi connectivity index (χ1n) is 6.09. The molecule has 0 aliphatic heterocycles. The molecule has 1 heterocycles. The number of hydrogen-bond donors (Lipinski definition) is 1. The van der Waals surface area contributed by atoms with Crippen molar-refractivity contribution in [1.82, 2.24) is 15.0 Å². The van der Waals surface area contributed by atoms with Crippen molar-refractivity contribution in [2.24, 2.45) is 0 Å². The highest BCUT2D eigenvalue weighted by molar-refractivity contribution is 5.57. The van der Waals surface area contributed by atoms with Crippen LogP contribution in [0.2, 0.25) is 0 Å². The minimum Gasteiger partial charge on any atom is -0.467 e. The molecule has 1 aromatic heterocycles. The number of aromatic nitrogens is 3. The predicted molar refractivity (Wildman–Crippen MR) is 75.0 cm³/mol. The van der Waals surface area contributed by atoms with Gasteiger partial charge in [-0.3, -0.25) is 0 Å². The molecule has 0 fully saturated rings. The molecule has 0 saturated heterocycles. The second-order valence-corrected chi connectivity index (χ2v) is 3.78. The molecule has 2 aromatic rings. The first-order chi connectivity index (χ1) is 9.28. The van der Waals surface area contributed by atoms with Crippen LogP contribution in [0.5, 0.6) is 6.01 Å². The minimum absolute atomic E-state index is 0.295. The molecule has 0 radical (unpaired) electrons. The molecule has 0 aliphatic carbocycles. The number of hydrogen-bond acceptors (Lipinski definition) is 6. The van der Waals surface area contributed by atoms with E-state index in [9.17, 15) is 0 Å². The molecule has 0 saturated carbocycles. The van der Waals surface area contributed by atoms with Gasteiger partial charge in [0, 0.05) is 19.3 Å². The molecular formula is C13H17N5O. The number of para-hydroxylation sites is 1. The van der Waals surface area contributed by atoms with Gasteiger partial charge in [-0.05, 0) is 19.1 Å². The maximum Gasteiger partial charge on any atom is 0.322 e. The van der Waals surface area contributed by atoms with Gasteiger partial charge in [0.25, 0.3) is 0 Å². The maximum atomic E-state index is 5.10. The summed E-state index contributed by atoms with van der Waals surface area (Å²) in [6.07, 6.45) is 0. The highest BCUT2D eigenvalue weighted by Crippen LogP contribution is 2.23. The number of anilines is 3. The van der Waals surface area contributed by atoms with E-state index in [1.807, 2.05) is 42.2 Å². The van der Waals surface area contributed by atoms with Crippen LogP contribution in [0.4, 0.5) is 17.6 Å². The van der Waals surface area contributed by atoms with Crippen molar-refractivity contribution < 1.29 is 4.74 Å². The van der Waals surface area contributed by atoms with Gasteiger partial charge in [-0.15, -0.1) is 0 Å². The average molecular weight is 259 g/mol. The Kier molecular flexibility index (Phi) is 4.12. The molecule has 2 rings (SSSR count). The first kappa shape index (κ1) is 13.1. The molecule has 6 heteroatoms. The van der Waals surface area contributed by atoms with E-state index in [0.717, 1.165) is 12.2 Å². The summed E-state index contributed by atoms with van der Waals surface area (Å²) >= 11 is 0. The van der Waals surface area contributed by atoms with Crippen molar-refractivity contribution in [2.45, 2.75) is 6.92 Å². The first-order valence-corrected chi connectivity index (χ1v) is 6.09. The molecule has 6 nitrogen and oxygen atoms in total. The monoisotopic (exact) mass is 259 g/mol. The second-order valence-electron chi connectivity index (χ2n) is 3.78. The summed E-state index contributed by atoms with van der Waals surface area (Å²) in [5.41, 5.74) is 1.03. The summed E-state index contributed by atoms with van der Waals surface area (Å²) in [5, 5.41) is 2.90. The number of benzene rings is 1. The fraction of sp³-hybridized carbons (Fsp3) is 0.308. The summed E-state index contributed by atoms with van der Waals surface area (Å²) in [4.78, 5) is 14.7. The van der Waals surface area contributed by atoms with E-state index in [-0.39, 0.29) is 0 Å². The van der Waals surface area contributed by atoms with Gasteiger partial charge in [-0.2, -0.15) is 15.0 Å². The van der Waals surface area contributed by atoms with Crippen LogP contribution in [0, 0.1) is 0 Å². The molecule has 0 atom stereocenters. The van der Waals surface area contributed by atoms with Gasteiger partial charge in [-0.1, -0.05) is 18.2 Å². The number of rotatable bonds is 5. The van der Waals surface area contributed by atoms with Crippen LogP contribution in [0.15, 0.2) is 30.3 Å². The van der Waals surface area contributed by atoms with Crippen LogP contribution in [0.1, 0.15) is 6.92 Å². The van der Waals surface area contributed by atoms with E-state index in [2.05, 4.69) is 20.3 Å².